The van der Waals surface area contributed by atoms with Crippen LogP contribution in [-0.4, -0.2) is 37.0 Å². The van der Waals surface area contributed by atoms with E-state index in [0.29, 0.717) is 6.04 Å². The third kappa shape index (κ3) is 2.13. The zero-order valence-corrected chi connectivity index (χ0v) is 11.2. The van der Waals surface area contributed by atoms with Crippen LogP contribution in [0.5, 0.6) is 0 Å². The summed E-state index contributed by atoms with van der Waals surface area (Å²) in [6, 6.07) is 8.35. The molecule has 1 atom stereocenters. The number of carbonyl (C=O) groups excluding carboxylic acids is 1. The van der Waals surface area contributed by atoms with Crippen LogP contribution in [0.1, 0.15) is 16.8 Å². The Morgan fingerprint density at radius 3 is 3.06 bits per heavy atom. The molecule has 0 bridgehead atoms. The number of fused-ring (bicyclic) bond motifs is 1. The Morgan fingerprint density at radius 2 is 2.28 bits per heavy atom. The topological polar surface area (TPSA) is 32.3 Å². The second-order valence-corrected chi connectivity index (χ2v) is 5.78. The second-order valence-electron chi connectivity index (χ2n) is 4.87. The minimum atomic E-state index is 0.0627. The molecule has 2 aromatic rings. The maximum atomic E-state index is 12.3. The standard InChI is InChI=1S/C14H16N2OS/c1-16-7-6-10(8-16)15-14(17)12-9-18-13-5-3-2-4-11(12)13/h2-5,9-10H,6-8H2,1H3,(H,15,17)/t10-/m0/s1. The first-order valence-electron chi connectivity index (χ1n) is 6.19. The summed E-state index contributed by atoms with van der Waals surface area (Å²) >= 11 is 1.63. The summed E-state index contributed by atoms with van der Waals surface area (Å²) in [4.78, 5) is 14.5. The third-order valence-electron chi connectivity index (χ3n) is 3.45. The maximum Gasteiger partial charge on any atom is 0.253 e. The van der Waals surface area contributed by atoms with Gasteiger partial charge >= 0.3 is 0 Å². The molecule has 0 radical (unpaired) electrons. The number of likely N-dealkylation sites (N-methyl/N-ethyl adjacent to an activating group) is 1. The molecule has 1 saturated heterocycles. The predicted molar refractivity (Wildman–Crippen MR) is 75.2 cm³/mol. The Morgan fingerprint density at radius 1 is 1.44 bits per heavy atom. The minimum absolute atomic E-state index is 0.0627. The van der Waals surface area contributed by atoms with Gasteiger partial charge in [0.15, 0.2) is 0 Å². The van der Waals surface area contributed by atoms with Crippen molar-refractivity contribution >= 4 is 27.3 Å². The zero-order chi connectivity index (χ0) is 12.5. The van der Waals surface area contributed by atoms with E-state index in [9.17, 15) is 4.79 Å². The molecule has 3 nitrogen and oxygen atoms in total. The molecule has 1 fully saturated rings. The molecule has 1 N–H and O–H groups in total. The average Bonchev–Trinajstić information content (AvgIpc) is 2.95. The first kappa shape index (κ1) is 11.7. The molecular weight excluding hydrogens is 244 g/mol. The van der Waals surface area contributed by atoms with Crippen LogP contribution in [-0.2, 0) is 0 Å². The number of nitrogens with one attached hydrogen (secondary N) is 1. The number of rotatable bonds is 2. The summed E-state index contributed by atoms with van der Waals surface area (Å²) in [5, 5.41) is 6.15. The minimum Gasteiger partial charge on any atom is -0.348 e. The van der Waals surface area contributed by atoms with E-state index in [1.807, 2.05) is 23.6 Å². The Bertz CT molecular complexity index is 578. The van der Waals surface area contributed by atoms with Crippen molar-refractivity contribution in [1.29, 1.82) is 0 Å². The van der Waals surface area contributed by atoms with Crippen molar-refractivity contribution in [3.05, 3.63) is 35.2 Å². The van der Waals surface area contributed by atoms with E-state index in [-0.39, 0.29) is 5.91 Å². The van der Waals surface area contributed by atoms with Gasteiger partial charge in [-0.25, -0.2) is 0 Å². The Balaban J connectivity index is 1.80. The van der Waals surface area contributed by atoms with E-state index in [1.54, 1.807) is 11.3 Å². The lowest BCUT2D eigenvalue weighted by Crippen LogP contribution is -2.36. The van der Waals surface area contributed by atoms with Gasteiger partial charge in [-0.2, -0.15) is 0 Å². The van der Waals surface area contributed by atoms with Gasteiger partial charge in [0.2, 0.25) is 0 Å². The van der Waals surface area contributed by atoms with E-state index in [0.717, 1.165) is 30.5 Å². The molecule has 0 saturated carbocycles. The lowest BCUT2D eigenvalue weighted by atomic mass is 10.1. The molecule has 1 amide bonds. The third-order valence-corrected chi connectivity index (χ3v) is 4.42. The van der Waals surface area contributed by atoms with Gasteiger partial charge < -0.3 is 10.2 Å². The van der Waals surface area contributed by atoms with Gasteiger partial charge in [-0.05, 0) is 26.1 Å². The second kappa shape index (κ2) is 4.71. The Kier molecular flexibility index (Phi) is 3.06. The molecule has 0 spiro atoms. The largest absolute Gasteiger partial charge is 0.348 e. The number of hydrogen-bond acceptors (Lipinski definition) is 3. The monoisotopic (exact) mass is 260 g/mol. The average molecular weight is 260 g/mol. The number of thiophene rings is 1. The zero-order valence-electron chi connectivity index (χ0n) is 10.3. The first-order valence-corrected chi connectivity index (χ1v) is 7.07. The fourth-order valence-electron chi connectivity index (χ4n) is 2.47. The van der Waals surface area contributed by atoms with E-state index in [4.69, 9.17) is 0 Å². The predicted octanol–water partition coefficient (Wildman–Crippen LogP) is 2.34. The van der Waals surface area contributed by atoms with Crippen molar-refractivity contribution in [2.45, 2.75) is 12.5 Å². The number of nitrogens with zero attached hydrogens (tertiary/aromatic N) is 1. The molecule has 94 valence electrons. The van der Waals surface area contributed by atoms with Gasteiger partial charge in [0.25, 0.3) is 5.91 Å². The van der Waals surface area contributed by atoms with Crippen molar-refractivity contribution in [3.63, 3.8) is 0 Å². The van der Waals surface area contributed by atoms with Crippen molar-refractivity contribution in [2.75, 3.05) is 20.1 Å². The molecule has 0 unspecified atom stereocenters. The fourth-order valence-corrected chi connectivity index (χ4v) is 3.41. The molecule has 18 heavy (non-hydrogen) atoms. The summed E-state index contributed by atoms with van der Waals surface area (Å²) in [6.45, 7) is 2.02. The van der Waals surface area contributed by atoms with Crippen LogP contribution < -0.4 is 5.32 Å². The van der Waals surface area contributed by atoms with Crippen molar-refractivity contribution in [2.24, 2.45) is 0 Å². The molecule has 3 rings (SSSR count). The van der Waals surface area contributed by atoms with Crippen LogP contribution in [0.25, 0.3) is 10.1 Å². The maximum absolute atomic E-state index is 12.3. The Labute approximate surface area is 110 Å². The summed E-state index contributed by atoms with van der Waals surface area (Å²) < 4.78 is 1.17. The molecule has 2 heterocycles. The molecule has 0 aliphatic carbocycles. The molecule has 1 aromatic carbocycles. The van der Waals surface area contributed by atoms with Gasteiger partial charge in [-0.3, -0.25) is 4.79 Å². The molecule has 1 aliphatic heterocycles. The number of amides is 1. The summed E-state index contributed by atoms with van der Waals surface area (Å²) in [5.74, 6) is 0.0627. The number of likely N-dealkylation sites (tertiary alicyclic amines) is 1. The number of carbonyl (C=O) groups is 1. The van der Waals surface area contributed by atoms with Crippen LogP contribution in [0, 0.1) is 0 Å². The Hall–Kier alpha value is -1.39. The lowest BCUT2D eigenvalue weighted by Gasteiger charge is -2.12. The van der Waals surface area contributed by atoms with E-state index < -0.39 is 0 Å². The van der Waals surface area contributed by atoms with Crippen LogP contribution >= 0.6 is 11.3 Å². The molecule has 4 heteroatoms. The van der Waals surface area contributed by atoms with Gasteiger partial charge in [0.05, 0.1) is 5.56 Å². The van der Waals surface area contributed by atoms with E-state index in [1.165, 1.54) is 4.70 Å². The first-order chi connectivity index (χ1) is 8.74. The highest BCUT2D eigenvalue weighted by molar-refractivity contribution is 7.17. The highest BCUT2D eigenvalue weighted by Crippen LogP contribution is 2.25. The summed E-state index contributed by atoms with van der Waals surface area (Å²) in [5.41, 5.74) is 0.810. The molecular formula is C14H16N2OS. The lowest BCUT2D eigenvalue weighted by molar-refractivity contribution is 0.0940. The summed E-state index contributed by atoms with van der Waals surface area (Å²) in [6.07, 6.45) is 1.05. The van der Waals surface area contributed by atoms with Gasteiger partial charge in [0.1, 0.15) is 0 Å². The normalized spacial score (nSPS) is 20.4. The number of benzene rings is 1. The highest BCUT2D eigenvalue weighted by atomic mass is 32.1. The van der Waals surface area contributed by atoms with Crippen LogP contribution in [0.4, 0.5) is 0 Å². The van der Waals surface area contributed by atoms with Crippen molar-refractivity contribution < 1.29 is 4.79 Å². The molecule has 1 aromatic heterocycles. The smallest absolute Gasteiger partial charge is 0.253 e. The highest BCUT2D eigenvalue weighted by Gasteiger charge is 2.22. The van der Waals surface area contributed by atoms with Gasteiger partial charge in [-0.1, -0.05) is 18.2 Å². The van der Waals surface area contributed by atoms with Crippen LogP contribution in [0.3, 0.4) is 0 Å². The SMILES string of the molecule is CN1CC[C@H](NC(=O)c2csc3ccccc23)C1. The van der Waals surface area contributed by atoms with E-state index in [2.05, 4.69) is 23.3 Å². The van der Waals surface area contributed by atoms with Crippen LogP contribution in [0.15, 0.2) is 29.6 Å². The van der Waals surface area contributed by atoms with Crippen molar-refractivity contribution in [1.82, 2.24) is 10.2 Å². The fraction of sp³-hybridized carbons (Fsp3) is 0.357. The molecule has 1 aliphatic rings. The van der Waals surface area contributed by atoms with E-state index >= 15 is 0 Å². The summed E-state index contributed by atoms with van der Waals surface area (Å²) in [7, 11) is 2.09. The van der Waals surface area contributed by atoms with Crippen LogP contribution in [0.2, 0.25) is 0 Å². The van der Waals surface area contributed by atoms with Gasteiger partial charge in [0, 0.05) is 28.1 Å². The van der Waals surface area contributed by atoms with Gasteiger partial charge in [-0.15, -0.1) is 11.3 Å². The number of hydrogen-bond donors (Lipinski definition) is 1. The quantitative estimate of drug-likeness (QED) is 0.899. The van der Waals surface area contributed by atoms with Crippen molar-refractivity contribution in [3.8, 4) is 0 Å².